The predicted octanol–water partition coefficient (Wildman–Crippen LogP) is 2.76. The third-order valence-corrected chi connectivity index (χ3v) is 5.47. The summed E-state index contributed by atoms with van der Waals surface area (Å²) in [5, 5.41) is 13.1. The summed E-state index contributed by atoms with van der Waals surface area (Å²) in [5.74, 6) is 0.0724. The lowest BCUT2D eigenvalue weighted by atomic mass is 10.2. The molecule has 5 N–H and O–H groups in total. The van der Waals surface area contributed by atoms with Crippen molar-refractivity contribution in [2.45, 2.75) is 14.9 Å². The van der Waals surface area contributed by atoms with Gasteiger partial charge in [0.25, 0.3) is 5.91 Å². The van der Waals surface area contributed by atoms with Gasteiger partial charge in [-0.2, -0.15) is 0 Å². The van der Waals surface area contributed by atoms with Gasteiger partial charge in [0, 0.05) is 11.3 Å². The standard InChI is InChI=1S/C17H17Cl3N4O4S2/c1-28-12-6-2-10(3-7-12)14(25)23-15(17(18,19)20)24-16(29)22-11-4-8-13(9-5-11)30(21,26)27/h2-9,15H,1H3,(H,23,25)(H2,21,26,27)(H2,22,24,29)/t15-/m0/s1. The minimum absolute atomic E-state index is 0.0183. The Hall–Kier alpha value is -1.82. The highest BCUT2D eigenvalue weighted by molar-refractivity contribution is 7.89. The number of carbonyl (C=O) groups excluding carboxylic acids is 1. The number of nitrogens with one attached hydrogen (secondary N) is 3. The summed E-state index contributed by atoms with van der Waals surface area (Å²) in [6.07, 6.45) is -1.18. The van der Waals surface area contributed by atoms with E-state index in [-0.39, 0.29) is 10.0 Å². The van der Waals surface area contributed by atoms with Crippen LogP contribution >= 0.6 is 47.0 Å². The summed E-state index contributed by atoms with van der Waals surface area (Å²) in [5.41, 5.74) is 0.763. The summed E-state index contributed by atoms with van der Waals surface area (Å²) in [7, 11) is -2.31. The van der Waals surface area contributed by atoms with E-state index in [1.165, 1.54) is 31.4 Å². The van der Waals surface area contributed by atoms with Gasteiger partial charge in [-0.05, 0) is 60.7 Å². The lowest BCUT2D eigenvalue weighted by molar-refractivity contribution is 0.0934. The maximum absolute atomic E-state index is 12.5. The molecule has 0 unspecified atom stereocenters. The molecule has 0 radical (unpaired) electrons. The maximum Gasteiger partial charge on any atom is 0.252 e. The Bertz CT molecular complexity index is 1010. The van der Waals surface area contributed by atoms with Crippen LogP contribution in [0.2, 0.25) is 0 Å². The number of hydrogen-bond donors (Lipinski definition) is 4. The van der Waals surface area contributed by atoms with Crippen molar-refractivity contribution in [2.75, 3.05) is 12.4 Å². The van der Waals surface area contributed by atoms with Gasteiger partial charge in [0.15, 0.2) is 5.11 Å². The number of alkyl halides is 3. The van der Waals surface area contributed by atoms with Crippen LogP contribution < -0.4 is 25.8 Å². The minimum Gasteiger partial charge on any atom is -0.497 e. The van der Waals surface area contributed by atoms with E-state index >= 15 is 0 Å². The number of hydrogen-bond acceptors (Lipinski definition) is 5. The first-order valence-corrected chi connectivity index (χ1v) is 11.2. The van der Waals surface area contributed by atoms with Crippen LogP contribution in [0.25, 0.3) is 0 Å². The van der Waals surface area contributed by atoms with Crippen molar-refractivity contribution < 1.29 is 17.9 Å². The highest BCUT2D eigenvalue weighted by atomic mass is 35.6. The van der Waals surface area contributed by atoms with E-state index < -0.39 is 25.9 Å². The molecular formula is C17H17Cl3N4O4S2. The van der Waals surface area contributed by atoms with E-state index in [0.717, 1.165) is 0 Å². The average Bonchev–Trinajstić information content (AvgIpc) is 2.66. The minimum atomic E-state index is -3.81. The molecule has 0 fully saturated rings. The molecule has 13 heteroatoms. The highest BCUT2D eigenvalue weighted by Gasteiger charge is 2.35. The van der Waals surface area contributed by atoms with Crippen molar-refractivity contribution in [1.29, 1.82) is 0 Å². The molecule has 0 heterocycles. The van der Waals surface area contributed by atoms with Crippen LogP contribution in [0.3, 0.4) is 0 Å². The summed E-state index contributed by atoms with van der Waals surface area (Å²) in [6, 6.07) is 11.8. The zero-order valence-electron chi connectivity index (χ0n) is 15.4. The second-order valence-electron chi connectivity index (χ2n) is 5.84. The number of halogens is 3. The Morgan fingerprint density at radius 2 is 1.63 bits per heavy atom. The lowest BCUT2D eigenvalue weighted by Crippen LogP contribution is -2.56. The number of carbonyl (C=O) groups is 1. The third kappa shape index (κ3) is 7.15. The van der Waals surface area contributed by atoms with Crippen LogP contribution in [0.4, 0.5) is 5.69 Å². The van der Waals surface area contributed by atoms with E-state index in [1.54, 1.807) is 24.3 Å². The molecule has 8 nitrogen and oxygen atoms in total. The molecule has 0 saturated heterocycles. The molecule has 2 aromatic rings. The molecule has 0 aliphatic carbocycles. The molecule has 30 heavy (non-hydrogen) atoms. The number of nitrogens with two attached hydrogens (primary N) is 1. The highest BCUT2D eigenvalue weighted by Crippen LogP contribution is 2.29. The Morgan fingerprint density at radius 1 is 1.07 bits per heavy atom. The topological polar surface area (TPSA) is 123 Å². The fourth-order valence-corrected chi connectivity index (χ4v) is 3.26. The molecule has 0 aromatic heterocycles. The molecule has 2 rings (SSSR count). The van der Waals surface area contributed by atoms with Crippen LogP contribution in [0.1, 0.15) is 10.4 Å². The Morgan fingerprint density at radius 3 is 2.10 bits per heavy atom. The lowest BCUT2D eigenvalue weighted by Gasteiger charge is -2.27. The van der Waals surface area contributed by atoms with Gasteiger partial charge >= 0.3 is 0 Å². The number of thiocarbonyl (C=S) groups is 1. The van der Waals surface area contributed by atoms with E-state index in [9.17, 15) is 13.2 Å². The number of rotatable bonds is 6. The number of methoxy groups -OCH3 is 1. The zero-order valence-corrected chi connectivity index (χ0v) is 19.3. The van der Waals surface area contributed by atoms with Crippen LogP contribution in [-0.4, -0.2) is 36.5 Å². The van der Waals surface area contributed by atoms with Crippen LogP contribution in [-0.2, 0) is 10.0 Å². The predicted molar refractivity (Wildman–Crippen MR) is 122 cm³/mol. The average molecular weight is 512 g/mol. The number of sulfonamides is 1. The molecule has 0 aliphatic heterocycles. The molecule has 2 aromatic carbocycles. The van der Waals surface area contributed by atoms with Gasteiger partial charge in [-0.1, -0.05) is 34.8 Å². The Labute approximate surface area is 194 Å². The van der Waals surface area contributed by atoms with Crippen molar-refractivity contribution in [1.82, 2.24) is 10.6 Å². The van der Waals surface area contributed by atoms with Gasteiger partial charge in [-0.25, -0.2) is 13.6 Å². The van der Waals surface area contributed by atoms with Gasteiger partial charge in [0.2, 0.25) is 13.8 Å². The summed E-state index contributed by atoms with van der Waals surface area (Å²) in [6.45, 7) is 0. The van der Waals surface area contributed by atoms with Crippen molar-refractivity contribution >= 4 is 73.8 Å². The van der Waals surface area contributed by atoms with Gasteiger partial charge < -0.3 is 20.7 Å². The van der Waals surface area contributed by atoms with E-state index in [2.05, 4.69) is 16.0 Å². The van der Waals surface area contributed by atoms with Crippen LogP contribution in [0.15, 0.2) is 53.4 Å². The smallest absolute Gasteiger partial charge is 0.252 e. The second kappa shape index (κ2) is 9.99. The molecular weight excluding hydrogens is 495 g/mol. The van der Waals surface area contributed by atoms with Crippen LogP contribution in [0.5, 0.6) is 5.75 Å². The fourth-order valence-electron chi connectivity index (χ4n) is 2.18. The van der Waals surface area contributed by atoms with E-state index in [0.29, 0.717) is 17.0 Å². The van der Waals surface area contributed by atoms with Crippen molar-refractivity contribution in [3.8, 4) is 5.75 Å². The summed E-state index contributed by atoms with van der Waals surface area (Å²) >= 11 is 23.1. The molecule has 1 atom stereocenters. The van der Waals surface area contributed by atoms with Crippen molar-refractivity contribution in [2.24, 2.45) is 5.14 Å². The first kappa shape index (κ1) is 24.4. The normalized spacial score (nSPS) is 12.6. The van der Waals surface area contributed by atoms with Gasteiger partial charge in [-0.15, -0.1) is 0 Å². The van der Waals surface area contributed by atoms with Crippen molar-refractivity contribution in [3.63, 3.8) is 0 Å². The quantitative estimate of drug-likeness (QED) is 0.267. The fraction of sp³-hybridized carbons (Fsp3) is 0.176. The molecule has 0 aliphatic rings. The molecule has 1 amide bonds. The van der Waals surface area contributed by atoms with Gasteiger partial charge in [-0.3, -0.25) is 4.79 Å². The number of amides is 1. The number of primary sulfonamides is 1. The van der Waals surface area contributed by atoms with E-state index in [4.69, 9.17) is 56.9 Å². The number of anilines is 1. The molecule has 162 valence electrons. The Kier molecular flexibility index (Phi) is 8.14. The SMILES string of the molecule is COc1ccc(C(=O)N[C@@H](NC(=S)Nc2ccc(S(N)(=O)=O)cc2)C(Cl)(Cl)Cl)cc1. The van der Waals surface area contributed by atoms with E-state index in [1.807, 2.05) is 0 Å². The maximum atomic E-state index is 12.5. The van der Waals surface area contributed by atoms with Crippen LogP contribution in [0, 0.1) is 0 Å². The number of benzene rings is 2. The molecule has 0 spiro atoms. The molecule has 0 saturated carbocycles. The largest absolute Gasteiger partial charge is 0.497 e. The second-order valence-corrected chi connectivity index (χ2v) is 10.2. The van der Waals surface area contributed by atoms with Gasteiger partial charge in [0.05, 0.1) is 12.0 Å². The molecule has 0 bridgehead atoms. The third-order valence-electron chi connectivity index (χ3n) is 3.67. The van der Waals surface area contributed by atoms with Gasteiger partial charge in [0.1, 0.15) is 11.9 Å². The first-order valence-electron chi connectivity index (χ1n) is 8.12. The number of ether oxygens (including phenoxy) is 1. The Balaban J connectivity index is 2.06. The first-order chi connectivity index (χ1) is 13.9. The van der Waals surface area contributed by atoms with Crippen molar-refractivity contribution in [3.05, 3.63) is 54.1 Å². The monoisotopic (exact) mass is 510 g/mol. The summed E-state index contributed by atoms with van der Waals surface area (Å²) < 4.78 is 25.7. The zero-order chi connectivity index (χ0) is 22.5. The summed E-state index contributed by atoms with van der Waals surface area (Å²) in [4.78, 5) is 12.4.